The van der Waals surface area contributed by atoms with Gasteiger partial charge in [0.1, 0.15) is 11.5 Å². The van der Waals surface area contributed by atoms with Gasteiger partial charge in [0.15, 0.2) is 5.58 Å². The van der Waals surface area contributed by atoms with Gasteiger partial charge in [0.25, 0.3) is 5.91 Å². The second-order valence-electron chi connectivity index (χ2n) is 7.32. The molecule has 0 saturated heterocycles. The van der Waals surface area contributed by atoms with Gasteiger partial charge in [-0.1, -0.05) is 60.2 Å². The highest BCUT2D eigenvalue weighted by Gasteiger charge is 2.20. The van der Waals surface area contributed by atoms with Gasteiger partial charge in [0.05, 0.1) is 11.6 Å². The fourth-order valence-electron chi connectivity index (χ4n) is 3.61. The molecule has 4 aromatic rings. The van der Waals surface area contributed by atoms with Crippen molar-refractivity contribution >= 4 is 17.0 Å². The lowest BCUT2D eigenvalue weighted by Crippen LogP contribution is -2.28. The summed E-state index contributed by atoms with van der Waals surface area (Å²) >= 11 is 0. The van der Waals surface area contributed by atoms with Crippen LogP contribution in [0, 0.1) is 13.8 Å². The van der Waals surface area contributed by atoms with Crippen LogP contribution in [0.25, 0.3) is 11.1 Å². The van der Waals surface area contributed by atoms with Crippen molar-refractivity contribution in [2.75, 3.05) is 0 Å². The maximum Gasteiger partial charge on any atom is 0.268 e. The highest BCUT2D eigenvalue weighted by atomic mass is 16.3. The van der Waals surface area contributed by atoms with Crippen LogP contribution in [0.1, 0.15) is 45.9 Å². The van der Waals surface area contributed by atoms with Crippen molar-refractivity contribution in [3.63, 3.8) is 0 Å². The van der Waals surface area contributed by atoms with E-state index in [4.69, 9.17) is 4.42 Å². The molecule has 4 rings (SSSR count). The molecule has 1 N–H and O–H groups in total. The lowest BCUT2D eigenvalue weighted by Gasteiger charge is -2.16. The molecule has 1 atom stereocenters. The summed E-state index contributed by atoms with van der Waals surface area (Å²) in [5, 5.41) is 3.11. The molecule has 0 fully saturated rings. The number of hydrogen-bond acceptors (Lipinski definition) is 2. The number of aromatic nitrogens is 1. The minimum atomic E-state index is -0.104. The van der Waals surface area contributed by atoms with Crippen molar-refractivity contribution in [1.29, 1.82) is 0 Å². The van der Waals surface area contributed by atoms with E-state index in [0.29, 0.717) is 12.2 Å². The second-order valence-corrected chi connectivity index (χ2v) is 7.32. The van der Waals surface area contributed by atoms with Gasteiger partial charge in [0, 0.05) is 18.7 Å². The fourth-order valence-corrected chi connectivity index (χ4v) is 3.61. The lowest BCUT2D eigenvalue weighted by atomic mass is 10.1. The molecule has 0 aliphatic heterocycles. The SMILES string of the molecule is Cc1cccc(Cn2c(C(=O)N[C@@H](C)c3ccccc3)cc3oc(C)cc32)c1. The van der Waals surface area contributed by atoms with Gasteiger partial charge in [-0.3, -0.25) is 4.79 Å². The fraction of sp³-hybridized carbons (Fsp3) is 0.208. The number of furan rings is 1. The van der Waals surface area contributed by atoms with Crippen LogP contribution in [0.5, 0.6) is 0 Å². The molecule has 0 saturated carbocycles. The summed E-state index contributed by atoms with van der Waals surface area (Å²) in [4.78, 5) is 13.1. The Morgan fingerprint density at radius 3 is 2.57 bits per heavy atom. The summed E-state index contributed by atoms with van der Waals surface area (Å²) in [6.45, 7) is 6.61. The van der Waals surface area contributed by atoms with Crippen LogP contribution in [0.3, 0.4) is 0 Å². The Hall–Kier alpha value is -3.27. The Morgan fingerprint density at radius 2 is 1.82 bits per heavy atom. The first-order valence-electron chi connectivity index (χ1n) is 9.52. The predicted molar refractivity (Wildman–Crippen MR) is 112 cm³/mol. The van der Waals surface area contributed by atoms with E-state index in [2.05, 4.69) is 30.4 Å². The molecule has 4 heteroatoms. The molecule has 2 aromatic heterocycles. The molecular formula is C24H24N2O2. The van der Waals surface area contributed by atoms with E-state index in [1.54, 1.807) is 0 Å². The highest BCUT2D eigenvalue weighted by Crippen LogP contribution is 2.25. The van der Waals surface area contributed by atoms with E-state index < -0.39 is 0 Å². The minimum Gasteiger partial charge on any atom is -0.460 e. The molecule has 28 heavy (non-hydrogen) atoms. The first kappa shape index (κ1) is 18.1. The van der Waals surface area contributed by atoms with Crippen LogP contribution in [0.2, 0.25) is 0 Å². The van der Waals surface area contributed by atoms with E-state index in [1.807, 2.05) is 66.9 Å². The average molecular weight is 372 g/mol. The summed E-state index contributed by atoms with van der Waals surface area (Å²) in [6, 6.07) is 22.1. The molecule has 0 aliphatic rings. The molecule has 142 valence electrons. The third-order valence-electron chi connectivity index (χ3n) is 5.02. The Bertz CT molecular complexity index is 1120. The molecule has 0 spiro atoms. The molecule has 4 nitrogen and oxygen atoms in total. The standard InChI is InChI=1S/C24H24N2O2/c1-16-8-7-9-19(12-16)15-26-21-13-17(2)28-23(21)14-22(26)24(27)25-18(3)20-10-5-4-6-11-20/h4-14,18H,15H2,1-3H3,(H,25,27)/t18-/m0/s1. The predicted octanol–water partition coefficient (Wildman–Crippen LogP) is 5.39. The maximum absolute atomic E-state index is 13.1. The number of fused-ring (bicyclic) bond motifs is 1. The molecule has 2 heterocycles. The molecule has 0 bridgehead atoms. The van der Waals surface area contributed by atoms with E-state index in [9.17, 15) is 4.79 Å². The zero-order valence-corrected chi connectivity index (χ0v) is 16.4. The van der Waals surface area contributed by atoms with Gasteiger partial charge < -0.3 is 14.3 Å². The minimum absolute atomic E-state index is 0.0796. The van der Waals surface area contributed by atoms with Gasteiger partial charge >= 0.3 is 0 Å². The van der Waals surface area contributed by atoms with Crippen molar-refractivity contribution in [2.45, 2.75) is 33.4 Å². The smallest absolute Gasteiger partial charge is 0.268 e. The Labute approximate surface area is 164 Å². The van der Waals surface area contributed by atoms with Crippen molar-refractivity contribution in [1.82, 2.24) is 9.88 Å². The second kappa shape index (κ2) is 7.39. The number of benzene rings is 2. The van der Waals surface area contributed by atoms with Crippen LogP contribution in [0.4, 0.5) is 0 Å². The Morgan fingerprint density at radius 1 is 1.04 bits per heavy atom. The van der Waals surface area contributed by atoms with Crippen molar-refractivity contribution in [3.05, 3.63) is 94.9 Å². The zero-order valence-electron chi connectivity index (χ0n) is 16.4. The molecule has 2 aromatic carbocycles. The first-order chi connectivity index (χ1) is 13.5. The van der Waals surface area contributed by atoms with E-state index in [-0.39, 0.29) is 11.9 Å². The van der Waals surface area contributed by atoms with Crippen molar-refractivity contribution in [2.24, 2.45) is 0 Å². The van der Waals surface area contributed by atoms with Crippen LogP contribution >= 0.6 is 0 Å². The molecule has 0 radical (unpaired) electrons. The van der Waals surface area contributed by atoms with Crippen LogP contribution < -0.4 is 5.32 Å². The summed E-state index contributed by atoms with van der Waals surface area (Å²) < 4.78 is 7.82. The number of nitrogens with zero attached hydrogens (tertiary/aromatic N) is 1. The summed E-state index contributed by atoms with van der Waals surface area (Å²) in [5.41, 5.74) is 5.72. The van der Waals surface area contributed by atoms with Gasteiger partial charge in [-0.15, -0.1) is 0 Å². The number of aryl methyl sites for hydroxylation is 2. The molecule has 0 aliphatic carbocycles. The van der Waals surface area contributed by atoms with Gasteiger partial charge in [-0.25, -0.2) is 0 Å². The monoisotopic (exact) mass is 372 g/mol. The van der Waals surface area contributed by atoms with E-state index in [1.165, 1.54) is 5.56 Å². The molecule has 0 unspecified atom stereocenters. The van der Waals surface area contributed by atoms with Crippen molar-refractivity contribution in [3.8, 4) is 0 Å². The average Bonchev–Trinajstić information content (AvgIpc) is 3.19. The van der Waals surface area contributed by atoms with Gasteiger partial charge in [0.2, 0.25) is 0 Å². The van der Waals surface area contributed by atoms with Crippen LogP contribution in [0.15, 0.2) is 71.1 Å². The highest BCUT2D eigenvalue weighted by molar-refractivity contribution is 5.98. The number of carbonyl (C=O) groups excluding carboxylic acids is 1. The summed E-state index contributed by atoms with van der Waals surface area (Å²) in [6.07, 6.45) is 0. The van der Waals surface area contributed by atoms with Gasteiger partial charge in [-0.05, 0) is 31.9 Å². The third kappa shape index (κ3) is 3.58. The summed E-state index contributed by atoms with van der Waals surface area (Å²) in [5.74, 6) is 0.737. The normalized spacial score (nSPS) is 12.2. The number of hydrogen-bond donors (Lipinski definition) is 1. The number of nitrogens with one attached hydrogen (secondary N) is 1. The molecular weight excluding hydrogens is 348 g/mol. The third-order valence-corrected chi connectivity index (χ3v) is 5.02. The quantitative estimate of drug-likeness (QED) is 0.510. The topological polar surface area (TPSA) is 47.2 Å². The van der Waals surface area contributed by atoms with Crippen LogP contribution in [-0.4, -0.2) is 10.5 Å². The Kier molecular flexibility index (Phi) is 4.78. The number of amides is 1. The number of carbonyl (C=O) groups is 1. The van der Waals surface area contributed by atoms with E-state index in [0.717, 1.165) is 28.0 Å². The first-order valence-corrected chi connectivity index (χ1v) is 9.52. The number of rotatable bonds is 5. The van der Waals surface area contributed by atoms with Gasteiger partial charge in [-0.2, -0.15) is 0 Å². The summed E-state index contributed by atoms with van der Waals surface area (Å²) in [7, 11) is 0. The lowest BCUT2D eigenvalue weighted by molar-refractivity contribution is 0.0931. The van der Waals surface area contributed by atoms with Crippen LogP contribution in [-0.2, 0) is 6.54 Å². The Balaban J connectivity index is 1.68. The van der Waals surface area contributed by atoms with E-state index >= 15 is 0 Å². The maximum atomic E-state index is 13.1. The molecule has 1 amide bonds. The van der Waals surface area contributed by atoms with Crippen molar-refractivity contribution < 1.29 is 9.21 Å². The zero-order chi connectivity index (χ0) is 19.7. The largest absolute Gasteiger partial charge is 0.460 e.